The van der Waals surface area contributed by atoms with E-state index in [1.54, 1.807) is 12.4 Å². The molecule has 2 fully saturated rings. The number of pyridine rings is 1. The van der Waals surface area contributed by atoms with Crippen LogP contribution in [0.4, 0.5) is 4.39 Å². The lowest BCUT2D eigenvalue weighted by molar-refractivity contribution is -0.135. The first-order chi connectivity index (χ1) is 15.6. The second kappa shape index (κ2) is 8.68. The van der Waals surface area contributed by atoms with Gasteiger partial charge in [-0.05, 0) is 61.6 Å². The minimum absolute atomic E-state index is 0.0599. The lowest BCUT2D eigenvalue weighted by atomic mass is 9.73. The third-order valence-corrected chi connectivity index (χ3v) is 6.45. The van der Waals surface area contributed by atoms with Gasteiger partial charge in [0.15, 0.2) is 12.4 Å². The highest BCUT2D eigenvalue weighted by molar-refractivity contribution is 5.78. The van der Waals surface area contributed by atoms with Crippen molar-refractivity contribution >= 4 is 5.91 Å². The molecule has 1 aliphatic carbocycles. The predicted octanol–water partition coefficient (Wildman–Crippen LogP) is 4.01. The molecule has 3 heterocycles. The number of aromatic nitrogens is 3. The fourth-order valence-electron chi connectivity index (χ4n) is 4.40. The molecule has 5 rings (SSSR count). The first-order valence-corrected chi connectivity index (χ1v) is 11.0. The zero-order valence-electron chi connectivity index (χ0n) is 17.7. The van der Waals surface area contributed by atoms with Gasteiger partial charge in [0.1, 0.15) is 11.6 Å². The van der Waals surface area contributed by atoms with E-state index < -0.39 is 0 Å². The van der Waals surface area contributed by atoms with E-state index in [9.17, 15) is 9.18 Å². The Balaban J connectivity index is 1.25. The third kappa shape index (κ3) is 4.49. The van der Waals surface area contributed by atoms with E-state index in [1.165, 1.54) is 37.1 Å². The zero-order chi connectivity index (χ0) is 22.0. The van der Waals surface area contributed by atoms with Crippen LogP contribution < -0.4 is 4.74 Å². The van der Waals surface area contributed by atoms with Crippen molar-refractivity contribution in [3.05, 3.63) is 60.4 Å². The quantitative estimate of drug-likeness (QED) is 0.557. The summed E-state index contributed by atoms with van der Waals surface area (Å²) in [6.07, 6.45) is 8.50. The number of nitrogens with zero attached hydrogens (tertiary/aromatic N) is 4. The second-order valence-corrected chi connectivity index (χ2v) is 8.71. The molecule has 0 atom stereocenters. The highest BCUT2D eigenvalue weighted by atomic mass is 19.1. The molecular weight excluding hydrogens is 411 g/mol. The molecule has 1 saturated heterocycles. The Kier molecular flexibility index (Phi) is 5.59. The van der Waals surface area contributed by atoms with Crippen molar-refractivity contribution in [2.75, 3.05) is 19.7 Å². The van der Waals surface area contributed by atoms with Crippen LogP contribution in [0.25, 0.3) is 11.5 Å². The molecule has 2 aliphatic rings. The van der Waals surface area contributed by atoms with Crippen molar-refractivity contribution in [1.82, 2.24) is 20.0 Å². The molecule has 1 aliphatic heterocycles. The zero-order valence-corrected chi connectivity index (χ0v) is 17.7. The average Bonchev–Trinajstić information content (AvgIpc) is 3.49. The summed E-state index contributed by atoms with van der Waals surface area (Å²) in [4.78, 5) is 23.3. The maximum atomic E-state index is 13.0. The molecule has 0 spiro atoms. The van der Waals surface area contributed by atoms with E-state index in [4.69, 9.17) is 14.2 Å². The fraction of sp³-hybridized carbons (Fsp3) is 0.417. The van der Waals surface area contributed by atoms with Crippen LogP contribution in [-0.4, -0.2) is 45.6 Å². The van der Waals surface area contributed by atoms with Gasteiger partial charge in [-0.25, -0.2) is 4.39 Å². The van der Waals surface area contributed by atoms with Gasteiger partial charge in [-0.3, -0.25) is 9.78 Å². The Hall–Kier alpha value is -3.29. The van der Waals surface area contributed by atoms with Gasteiger partial charge in [-0.2, -0.15) is 4.98 Å². The fourth-order valence-corrected chi connectivity index (χ4v) is 4.40. The second-order valence-electron chi connectivity index (χ2n) is 8.71. The SMILES string of the molecule is O=C(COc1ccc(F)cc1)N1CCC(CC2CC2)(c2noc(-c3ccncc3)n2)CC1. The Labute approximate surface area is 185 Å². The van der Waals surface area contributed by atoms with Gasteiger partial charge in [-0.1, -0.05) is 18.0 Å². The molecule has 1 saturated carbocycles. The molecule has 1 aromatic carbocycles. The molecule has 0 bridgehead atoms. The van der Waals surface area contributed by atoms with Gasteiger partial charge in [0.05, 0.1) is 0 Å². The van der Waals surface area contributed by atoms with Crippen LogP contribution in [0.3, 0.4) is 0 Å². The van der Waals surface area contributed by atoms with Crippen LogP contribution in [0.5, 0.6) is 5.75 Å². The summed E-state index contributed by atoms with van der Waals surface area (Å²) in [5, 5.41) is 4.36. The molecule has 0 unspecified atom stereocenters. The van der Waals surface area contributed by atoms with Gasteiger partial charge in [0.2, 0.25) is 0 Å². The lowest BCUT2D eigenvalue weighted by Crippen LogP contribution is -2.47. The smallest absolute Gasteiger partial charge is 0.260 e. The van der Waals surface area contributed by atoms with Crippen LogP contribution in [0, 0.1) is 11.7 Å². The normalized spacial score (nSPS) is 17.8. The number of carbonyl (C=O) groups is 1. The van der Waals surface area contributed by atoms with Crippen LogP contribution in [-0.2, 0) is 10.2 Å². The van der Waals surface area contributed by atoms with E-state index in [-0.39, 0.29) is 23.7 Å². The standard InChI is InChI=1S/C24H25FN4O3/c25-19-3-5-20(6-4-19)31-16-21(30)29-13-9-24(10-14-29,15-17-1-2-17)23-27-22(32-28-23)18-7-11-26-12-8-18/h3-8,11-12,17H,1-2,9-10,13-16H2. The number of piperidine rings is 1. The van der Waals surface area contributed by atoms with Crippen LogP contribution in [0.1, 0.15) is 37.9 Å². The van der Waals surface area contributed by atoms with Crippen molar-refractivity contribution in [2.45, 2.75) is 37.5 Å². The average molecular weight is 436 g/mol. The van der Waals surface area contributed by atoms with E-state index in [2.05, 4.69) is 10.1 Å². The van der Waals surface area contributed by atoms with Gasteiger partial charge in [0.25, 0.3) is 11.8 Å². The third-order valence-electron chi connectivity index (χ3n) is 6.45. The maximum absolute atomic E-state index is 13.0. The molecule has 7 nitrogen and oxygen atoms in total. The number of hydrogen-bond donors (Lipinski definition) is 0. The van der Waals surface area contributed by atoms with Crippen molar-refractivity contribution < 1.29 is 18.4 Å². The number of rotatable bonds is 7. The van der Waals surface area contributed by atoms with Gasteiger partial charge in [0, 0.05) is 36.5 Å². The van der Waals surface area contributed by atoms with Gasteiger partial charge < -0.3 is 14.2 Å². The molecule has 32 heavy (non-hydrogen) atoms. The molecule has 2 aromatic heterocycles. The van der Waals surface area contributed by atoms with Crippen LogP contribution >= 0.6 is 0 Å². The topological polar surface area (TPSA) is 81.4 Å². The van der Waals surface area contributed by atoms with Crippen molar-refractivity contribution in [3.8, 4) is 17.2 Å². The number of hydrogen-bond acceptors (Lipinski definition) is 6. The van der Waals surface area contributed by atoms with Crippen molar-refractivity contribution in [2.24, 2.45) is 5.92 Å². The summed E-state index contributed by atoms with van der Waals surface area (Å²) in [6, 6.07) is 9.39. The van der Waals surface area contributed by atoms with Crippen LogP contribution in [0.15, 0.2) is 53.3 Å². The molecule has 3 aromatic rings. The van der Waals surface area contributed by atoms with E-state index in [0.717, 1.165) is 30.7 Å². The summed E-state index contributed by atoms with van der Waals surface area (Å²) >= 11 is 0. The number of ether oxygens (including phenoxy) is 1. The van der Waals surface area contributed by atoms with Crippen LogP contribution in [0.2, 0.25) is 0 Å². The van der Waals surface area contributed by atoms with E-state index in [1.807, 2.05) is 17.0 Å². The number of carbonyl (C=O) groups excluding carboxylic acids is 1. The van der Waals surface area contributed by atoms with Crippen molar-refractivity contribution in [1.29, 1.82) is 0 Å². The predicted molar refractivity (Wildman–Crippen MR) is 114 cm³/mol. The monoisotopic (exact) mass is 436 g/mol. The molecule has 0 N–H and O–H groups in total. The highest BCUT2D eigenvalue weighted by Gasteiger charge is 2.44. The highest BCUT2D eigenvalue weighted by Crippen LogP contribution is 2.46. The van der Waals surface area contributed by atoms with Gasteiger partial charge >= 0.3 is 0 Å². The molecule has 8 heteroatoms. The Morgan fingerprint density at radius 1 is 1.12 bits per heavy atom. The van der Waals surface area contributed by atoms with Crippen molar-refractivity contribution in [3.63, 3.8) is 0 Å². The Morgan fingerprint density at radius 3 is 2.53 bits per heavy atom. The maximum Gasteiger partial charge on any atom is 0.260 e. The van der Waals surface area contributed by atoms with E-state index in [0.29, 0.717) is 30.6 Å². The summed E-state index contributed by atoms with van der Waals surface area (Å²) in [6.45, 7) is 1.19. The minimum atomic E-state index is -0.333. The molecule has 1 amide bonds. The largest absolute Gasteiger partial charge is 0.484 e. The molecular formula is C24H25FN4O3. The summed E-state index contributed by atoms with van der Waals surface area (Å²) in [5.74, 6) is 2.02. The summed E-state index contributed by atoms with van der Waals surface area (Å²) in [7, 11) is 0. The first kappa shape index (κ1) is 20.6. The number of halogens is 1. The minimum Gasteiger partial charge on any atom is -0.484 e. The van der Waals surface area contributed by atoms with E-state index >= 15 is 0 Å². The molecule has 0 radical (unpaired) electrons. The Morgan fingerprint density at radius 2 is 1.84 bits per heavy atom. The first-order valence-electron chi connectivity index (χ1n) is 11.0. The van der Waals surface area contributed by atoms with Gasteiger partial charge in [-0.15, -0.1) is 0 Å². The Bertz CT molecular complexity index is 1060. The summed E-state index contributed by atoms with van der Waals surface area (Å²) < 4.78 is 24.2. The lowest BCUT2D eigenvalue weighted by Gasteiger charge is -2.40. The summed E-state index contributed by atoms with van der Waals surface area (Å²) in [5.41, 5.74) is 0.677. The molecule has 166 valence electrons. The number of amides is 1. The number of benzene rings is 1. The number of likely N-dealkylation sites (tertiary alicyclic amines) is 1.